The number of pyridine rings is 1. The number of hydrogen-bond donors (Lipinski definition) is 1. The number of halogens is 1. The molecule has 3 aliphatic heterocycles. The number of fused-ring (bicyclic) bond motifs is 2. The van der Waals surface area contributed by atoms with Crippen molar-refractivity contribution in [3.8, 4) is 17.2 Å². The largest absolute Gasteiger partial charge is 0.451 e. The summed E-state index contributed by atoms with van der Waals surface area (Å²) in [5.41, 5.74) is 7.15. The van der Waals surface area contributed by atoms with Crippen LogP contribution in [-0.2, 0) is 0 Å². The molecular formula is C24H23FN4O3. The zero-order valence-electron chi connectivity index (χ0n) is 17.5. The fraction of sp³-hybridized carbons (Fsp3) is 0.333. The van der Waals surface area contributed by atoms with Crippen molar-refractivity contribution >= 4 is 22.5 Å². The fourth-order valence-corrected chi connectivity index (χ4v) is 5.08. The molecule has 2 saturated heterocycles. The van der Waals surface area contributed by atoms with Crippen molar-refractivity contribution in [2.75, 3.05) is 31.1 Å². The Kier molecular flexibility index (Phi) is 4.26. The van der Waals surface area contributed by atoms with E-state index in [0.29, 0.717) is 54.6 Å². The van der Waals surface area contributed by atoms with Gasteiger partial charge in [0.1, 0.15) is 16.8 Å². The van der Waals surface area contributed by atoms with Gasteiger partial charge in [-0.3, -0.25) is 9.59 Å². The lowest BCUT2D eigenvalue weighted by Gasteiger charge is -2.29. The lowest BCUT2D eigenvalue weighted by atomic mass is 10.1. The van der Waals surface area contributed by atoms with Crippen molar-refractivity contribution in [1.82, 2.24) is 9.47 Å². The first-order valence-corrected chi connectivity index (χ1v) is 11.0. The summed E-state index contributed by atoms with van der Waals surface area (Å²) in [7, 11) is 0. The first kappa shape index (κ1) is 19.3. The summed E-state index contributed by atoms with van der Waals surface area (Å²) in [6.45, 7) is 2.38. The first-order chi connectivity index (χ1) is 15.5. The quantitative estimate of drug-likeness (QED) is 0.525. The topological polar surface area (TPSA) is 80.8 Å². The summed E-state index contributed by atoms with van der Waals surface area (Å²) < 4.78 is 23.5. The van der Waals surface area contributed by atoms with Crippen LogP contribution < -0.4 is 20.8 Å². The van der Waals surface area contributed by atoms with Gasteiger partial charge in [0.25, 0.3) is 5.91 Å². The monoisotopic (exact) mass is 434 g/mol. The number of amides is 1. The van der Waals surface area contributed by atoms with Crippen LogP contribution in [0.3, 0.4) is 0 Å². The van der Waals surface area contributed by atoms with Crippen LogP contribution in [0.5, 0.6) is 11.5 Å². The molecule has 8 heteroatoms. The van der Waals surface area contributed by atoms with Gasteiger partial charge in [-0.15, -0.1) is 0 Å². The van der Waals surface area contributed by atoms with Crippen LogP contribution in [0.15, 0.2) is 41.3 Å². The number of para-hydroxylation sites is 2. The van der Waals surface area contributed by atoms with E-state index in [0.717, 1.165) is 19.3 Å². The van der Waals surface area contributed by atoms with E-state index >= 15 is 4.39 Å². The van der Waals surface area contributed by atoms with E-state index in [1.165, 1.54) is 6.07 Å². The number of aromatic nitrogens is 1. The Balaban J connectivity index is 1.65. The van der Waals surface area contributed by atoms with Gasteiger partial charge in [-0.05, 0) is 37.5 Å². The molecule has 2 aromatic carbocycles. The second-order valence-electron chi connectivity index (χ2n) is 8.74. The van der Waals surface area contributed by atoms with Gasteiger partial charge in [-0.2, -0.15) is 0 Å². The molecule has 0 saturated carbocycles. The van der Waals surface area contributed by atoms with Crippen molar-refractivity contribution in [1.29, 1.82) is 0 Å². The van der Waals surface area contributed by atoms with Gasteiger partial charge in [0.05, 0.1) is 11.1 Å². The summed E-state index contributed by atoms with van der Waals surface area (Å²) in [5.74, 6) is -0.0148. The maximum Gasteiger partial charge on any atom is 0.259 e. The van der Waals surface area contributed by atoms with Crippen molar-refractivity contribution in [3.63, 3.8) is 0 Å². The smallest absolute Gasteiger partial charge is 0.259 e. The van der Waals surface area contributed by atoms with Gasteiger partial charge in [0.15, 0.2) is 17.3 Å². The average Bonchev–Trinajstić information content (AvgIpc) is 3.47. The van der Waals surface area contributed by atoms with Crippen molar-refractivity contribution < 1.29 is 13.9 Å². The summed E-state index contributed by atoms with van der Waals surface area (Å²) >= 11 is 0. The molecule has 164 valence electrons. The number of anilines is 1. The third kappa shape index (κ3) is 2.75. The van der Waals surface area contributed by atoms with E-state index in [-0.39, 0.29) is 22.9 Å². The summed E-state index contributed by atoms with van der Waals surface area (Å²) in [6.07, 6.45) is 4.19. The number of benzene rings is 2. The summed E-state index contributed by atoms with van der Waals surface area (Å²) in [6, 6.07) is 8.56. The average molecular weight is 434 g/mol. The van der Waals surface area contributed by atoms with Gasteiger partial charge in [0.2, 0.25) is 5.43 Å². The third-order valence-corrected chi connectivity index (χ3v) is 6.67. The molecule has 0 radical (unpaired) electrons. The highest BCUT2D eigenvalue weighted by Gasteiger charge is 2.33. The van der Waals surface area contributed by atoms with Crippen molar-refractivity contribution in [3.05, 3.63) is 58.1 Å². The number of rotatable bonds is 2. The standard InChI is InChI=1S/C24H23FN4O3/c25-17-11-15-20-23(21(17)28-10-7-14(26)12-28)32-19-6-2-1-5-18(19)29(20)13-16(22(15)30)24(31)27-8-3-4-9-27/h1-2,5-6,11,13-14H,3-4,7-10,12,26H2. The molecule has 2 fully saturated rings. The van der Waals surface area contributed by atoms with E-state index in [1.807, 2.05) is 23.1 Å². The van der Waals surface area contributed by atoms with Gasteiger partial charge in [0, 0.05) is 38.4 Å². The molecule has 3 aliphatic rings. The Labute approximate surface area is 183 Å². The van der Waals surface area contributed by atoms with Crippen LogP contribution in [0.25, 0.3) is 16.6 Å². The number of nitrogens with two attached hydrogens (primary N) is 1. The molecule has 3 aromatic rings. The summed E-state index contributed by atoms with van der Waals surface area (Å²) in [5, 5.41) is 0.143. The van der Waals surface area contributed by atoms with Crippen LogP contribution in [-0.4, -0.2) is 47.6 Å². The van der Waals surface area contributed by atoms with Gasteiger partial charge in [-0.25, -0.2) is 4.39 Å². The normalized spacial score (nSPS) is 19.4. The second kappa shape index (κ2) is 7.06. The molecule has 1 amide bonds. The number of ether oxygens (including phenoxy) is 1. The Morgan fingerprint density at radius 3 is 2.69 bits per heavy atom. The van der Waals surface area contributed by atoms with E-state index in [2.05, 4.69) is 0 Å². The SMILES string of the molecule is NC1CCN(c2c(F)cc3c(=O)c(C(=O)N4CCCC4)cn4c3c2Oc2ccccc2-4)C1. The van der Waals surface area contributed by atoms with Gasteiger partial charge < -0.3 is 24.8 Å². The van der Waals surface area contributed by atoms with Crippen LogP contribution >= 0.6 is 0 Å². The Bertz CT molecular complexity index is 1330. The van der Waals surface area contributed by atoms with Gasteiger partial charge >= 0.3 is 0 Å². The number of carbonyl (C=O) groups excluding carboxylic acids is 1. The van der Waals surface area contributed by atoms with Gasteiger partial charge in [-0.1, -0.05) is 12.1 Å². The second-order valence-corrected chi connectivity index (χ2v) is 8.74. The predicted octanol–water partition coefficient (Wildman–Crippen LogP) is 3.01. The third-order valence-electron chi connectivity index (χ3n) is 6.67. The molecule has 7 nitrogen and oxygen atoms in total. The van der Waals surface area contributed by atoms with Crippen molar-refractivity contribution in [2.45, 2.75) is 25.3 Å². The molecule has 0 spiro atoms. The molecule has 1 unspecified atom stereocenters. The lowest BCUT2D eigenvalue weighted by molar-refractivity contribution is 0.0791. The Morgan fingerprint density at radius 1 is 1.16 bits per heavy atom. The Morgan fingerprint density at radius 2 is 1.94 bits per heavy atom. The number of carbonyl (C=O) groups is 1. The summed E-state index contributed by atoms with van der Waals surface area (Å²) in [4.78, 5) is 30.1. The highest BCUT2D eigenvalue weighted by Crippen LogP contribution is 2.47. The molecule has 0 bridgehead atoms. The zero-order chi connectivity index (χ0) is 22.0. The Hall–Kier alpha value is -3.39. The molecule has 6 rings (SSSR count). The molecular weight excluding hydrogens is 411 g/mol. The van der Waals surface area contributed by atoms with E-state index < -0.39 is 11.2 Å². The zero-order valence-corrected chi connectivity index (χ0v) is 17.5. The lowest BCUT2D eigenvalue weighted by Crippen LogP contribution is -2.33. The van der Waals surface area contributed by atoms with Crippen molar-refractivity contribution in [2.24, 2.45) is 5.73 Å². The van der Waals surface area contributed by atoms with E-state index in [4.69, 9.17) is 10.5 Å². The minimum Gasteiger partial charge on any atom is -0.451 e. The molecule has 32 heavy (non-hydrogen) atoms. The highest BCUT2D eigenvalue weighted by atomic mass is 19.1. The number of nitrogens with zero attached hydrogens (tertiary/aromatic N) is 3. The maximum atomic E-state index is 15.5. The molecule has 4 heterocycles. The van der Waals surface area contributed by atoms with E-state index in [1.54, 1.807) is 21.7 Å². The minimum absolute atomic E-state index is 0.0455. The molecule has 1 aromatic heterocycles. The van der Waals surface area contributed by atoms with Crippen LogP contribution in [0, 0.1) is 5.82 Å². The minimum atomic E-state index is -0.546. The molecule has 1 atom stereocenters. The highest BCUT2D eigenvalue weighted by molar-refractivity contribution is 6.01. The number of likely N-dealkylation sites (tertiary alicyclic amines) is 1. The number of hydrogen-bond acceptors (Lipinski definition) is 5. The molecule has 0 aliphatic carbocycles. The fourth-order valence-electron chi connectivity index (χ4n) is 5.08. The first-order valence-electron chi connectivity index (χ1n) is 11.0. The molecule has 2 N–H and O–H groups in total. The maximum absolute atomic E-state index is 15.5. The van der Waals surface area contributed by atoms with Crippen LogP contribution in [0.4, 0.5) is 10.1 Å². The predicted molar refractivity (Wildman–Crippen MR) is 120 cm³/mol. The van der Waals surface area contributed by atoms with Crippen LogP contribution in [0.2, 0.25) is 0 Å². The van der Waals surface area contributed by atoms with E-state index in [9.17, 15) is 9.59 Å². The van der Waals surface area contributed by atoms with Crippen LogP contribution in [0.1, 0.15) is 29.6 Å².